The predicted octanol–water partition coefficient (Wildman–Crippen LogP) is 1.59. The summed E-state index contributed by atoms with van der Waals surface area (Å²) in [6.45, 7) is 0.785. The molecule has 0 amide bonds. The Hall–Kier alpha value is -1.95. The van der Waals surface area contributed by atoms with Gasteiger partial charge in [-0.2, -0.15) is 5.10 Å². The van der Waals surface area contributed by atoms with E-state index < -0.39 is 0 Å². The Balaban J connectivity index is 1.73. The molecule has 110 valence electrons. The van der Waals surface area contributed by atoms with Crippen LogP contribution in [0.2, 0.25) is 0 Å². The molecule has 2 aromatic heterocycles. The molecule has 2 heterocycles. The van der Waals surface area contributed by atoms with Crippen LogP contribution in [0.3, 0.4) is 0 Å². The quantitative estimate of drug-likeness (QED) is 0.821. The van der Waals surface area contributed by atoms with Crippen molar-refractivity contribution in [2.45, 2.75) is 25.7 Å². The topological polar surface area (TPSA) is 68.8 Å². The number of hydrogen-bond acceptors (Lipinski definition) is 4. The van der Waals surface area contributed by atoms with Gasteiger partial charge in [-0.3, -0.25) is 4.68 Å². The second kappa shape index (κ2) is 5.81. The standard InChI is InChI=1S/C15H19N5S/c1-20-9-10(8-18-20)5-6-17-15-12(14(16)21)7-11-3-2-4-13(11)19-15/h7-9H,2-6H2,1H3,(H2,16,21)(H,17,19). The highest BCUT2D eigenvalue weighted by Gasteiger charge is 2.17. The summed E-state index contributed by atoms with van der Waals surface area (Å²) in [4.78, 5) is 5.12. The first kappa shape index (κ1) is 14.0. The number of aryl methyl sites for hydroxylation is 3. The van der Waals surface area contributed by atoms with Crippen molar-refractivity contribution in [1.82, 2.24) is 14.8 Å². The van der Waals surface area contributed by atoms with E-state index in [9.17, 15) is 0 Å². The Morgan fingerprint density at radius 3 is 3.05 bits per heavy atom. The number of nitrogens with two attached hydrogens (primary N) is 1. The molecule has 0 aliphatic heterocycles. The van der Waals surface area contributed by atoms with Gasteiger partial charge in [-0.25, -0.2) is 4.98 Å². The number of aromatic nitrogens is 3. The van der Waals surface area contributed by atoms with Crippen molar-refractivity contribution in [1.29, 1.82) is 0 Å². The molecule has 0 unspecified atom stereocenters. The fraction of sp³-hybridized carbons (Fsp3) is 0.400. The molecule has 0 spiro atoms. The second-order valence-corrected chi connectivity index (χ2v) is 5.85. The third-order valence-electron chi connectivity index (χ3n) is 3.78. The lowest BCUT2D eigenvalue weighted by molar-refractivity contribution is 0.767. The van der Waals surface area contributed by atoms with E-state index in [1.165, 1.54) is 16.8 Å². The summed E-state index contributed by atoms with van der Waals surface area (Å²) in [6.07, 6.45) is 8.08. The van der Waals surface area contributed by atoms with Gasteiger partial charge in [0.2, 0.25) is 0 Å². The predicted molar refractivity (Wildman–Crippen MR) is 87.6 cm³/mol. The molecular weight excluding hydrogens is 282 g/mol. The largest absolute Gasteiger partial charge is 0.389 e. The Bertz CT molecular complexity index is 677. The molecule has 0 aromatic carbocycles. The number of rotatable bonds is 5. The van der Waals surface area contributed by atoms with Crippen molar-refractivity contribution in [2.75, 3.05) is 11.9 Å². The molecule has 0 saturated heterocycles. The number of pyridine rings is 1. The molecule has 21 heavy (non-hydrogen) atoms. The number of nitrogens with zero attached hydrogens (tertiary/aromatic N) is 3. The van der Waals surface area contributed by atoms with Gasteiger partial charge in [0, 0.05) is 25.5 Å². The molecule has 0 fully saturated rings. The van der Waals surface area contributed by atoms with Crippen LogP contribution in [-0.4, -0.2) is 26.3 Å². The first-order valence-corrected chi connectivity index (χ1v) is 7.58. The monoisotopic (exact) mass is 301 g/mol. The van der Waals surface area contributed by atoms with Crippen molar-refractivity contribution in [3.05, 3.63) is 40.8 Å². The van der Waals surface area contributed by atoms with E-state index in [0.29, 0.717) is 4.99 Å². The van der Waals surface area contributed by atoms with Crippen LogP contribution in [0.5, 0.6) is 0 Å². The van der Waals surface area contributed by atoms with E-state index in [4.69, 9.17) is 22.9 Å². The van der Waals surface area contributed by atoms with Crippen molar-refractivity contribution >= 4 is 23.0 Å². The summed E-state index contributed by atoms with van der Waals surface area (Å²) in [5, 5.41) is 7.53. The number of anilines is 1. The summed E-state index contributed by atoms with van der Waals surface area (Å²) in [6, 6.07) is 2.10. The minimum absolute atomic E-state index is 0.404. The fourth-order valence-corrected chi connectivity index (χ4v) is 2.88. The molecule has 1 aliphatic carbocycles. The summed E-state index contributed by atoms with van der Waals surface area (Å²) in [5.74, 6) is 0.812. The third-order valence-corrected chi connectivity index (χ3v) is 4.00. The molecule has 3 rings (SSSR count). The maximum absolute atomic E-state index is 5.83. The van der Waals surface area contributed by atoms with Crippen LogP contribution in [0.4, 0.5) is 5.82 Å². The van der Waals surface area contributed by atoms with Crippen LogP contribution in [0, 0.1) is 0 Å². The molecule has 1 aliphatic rings. The van der Waals surface area contributed by atoms with Crippen LogP contribution in [0.15, 0.2) is 18.5 Å². The van der Waals surface area contributed by atoms with Gasteiger partial charge < -0.3 is 11.1 Å². The van der Waals surface area contributed by atoms with E-state index in [0.717, 1.165) is 43.6 Å². The highest BCUT2D eigenvalue weighted by Crippen LogP contribution is 2.25. The Labute approximate surface area is 129 Å². The molecule has 3 N–H and O–H groups in total. The molecule has 2 aromatic rings. The maximum Gasteiger partial charge on any atom is 0.136 e. The number of fused-ring (bicyclic) bond motifs is 1. The SMILES string of the molecule is Cn1cc(CCNc2nc3c(cc2C(N)=S)CCC3)cn1. The summed E-state index contributed by atoms with van der Waals surface area (Å²) in [7, 11) is 1.92. The van der Waals surface area contributed by atoms with Crippen LogP contribution in [0.25, 0.3) is 0 Å². The zero-order chi connectivity index (χ0) is 14.8. The van der Waals surface area contributed by atoms with Gasteiger partial charge in [-0.05, 0) is 42.9 Å². The van der Waals surface area contributed by atoms with E-state index in [2.05, 4.69) is 16.5 Å². The van der Waals surface area contributed by atoms with Crippen molar-refractivity contribution in [2.24, 2.45) is 12.8 Å². The van der Waals surface area contributed by atoms with E-state index in [1.54, 1.807) is 0 Å². The van der Waals surface area contributed by atoms with Gasteiger partial charge in [-0.15, -0.1) is 0 Å². The van der Waals surface area contributed by atoms with Crippen LogP contribution in [0.1, 0.15) is 28.8 Å². The lowest BCUT2D eigenvalue weighted by Crippen LogP contribution is -2.17. The number of hydrogen-bond donors (Lipinski definition) is 2. The lowest BCUT2D eigenvalue weighted by Gasteiger charge is -2.12. The van der Waals surface area contributed by atoms with Crippen molar-refractivity contribution < 1.29 is 0 Å². The third kappa shape index (κ3) is 3.05. The molecule has 0 radical (unpaired) electrons. The maximum atomic E-state index is 5.83. The average Bonchev–Trinajstić information content (AvgIpc) is 3.06. The summed E-state index contributed by atoms with van der Waals surface area (Å²) < 4.78 is 1.81. The Morgan fingerprint density at radius 1 is 1.48 bits per heavy atom. The summed E-state index contributed by atoms with van der Waals surface area (Å²) >= 11 is 5.15. The van der Waals surface area contributed by atoms with Crippen molar-refractivity contribution in [3.8, 4) is 0 Å². The minimum Gasteiger partial charge on any atom is -0.389 e. The first-order chi connectivity index (χ1) is 10.1. The highest BCUT2D eigenvalue weighted by molar-refractivity contribution is 7.80. The molecule has 0 atom stereocenters. The average molecular weight is 301 g/mol. The van der Waals surface area contributed by atoms with Crippen molar-refractivity contribution in [3.63, 3.8) is 0 Å². The van der Waals surface area contributed by atoms with Crippen LogP contribution < -0.4 is 11.1 Å². The van der Waals surface area contributed by atoms with Gasteiger partial charge in [-0.1, -0.05) is 12.2 Å². The normalized spacial score (nSPS) is 13.2. The summed E-state index contributed by atoms with van der Waals surface area (Å²) in [5.41, 5.74) is 10.4. The lowest BCUT2D eigenvalue weighted by atomic mass is 10.1. The minimum atomic E-state index is 0.404. The highest BCUT2D eigenvalue weighted by atomic mass is 32.1. The van der Waals surface area contributed by atoms with Gasteiger partial charge in [0.1, 0.15) is 10.8 Å². The van der Waals surface area contributed by atoms with Gasteiger partial charge in [0.05, 0.1) is 11.8 Å². The Morgan fingerprint density at radius 2 is 2.33 bits per heavy atom. The smallest absolute Gasteiger partial charge is 0.136 e. The second-order valence-electron chi connectivity index (χ2n) is 5.41. The number of nitrogens with one attached hydrogen (secondary N) is 1. The zero-order valence-electron chi connectivity index (χ0n) is 12.1. The number of thiocarbonyl (C=S) groups is 1. The molecule has 0 bridgehead atoms. The van der Waals surface area contributed by atoms with Gasteiger partial charge in [0.15, 0.2) is 0 Å². The van der Waals surface area contributed by atoms with E-state index in [-0.39, 0.29) is 0 Å². The molecule has 0 saturated carbocycles. The van der Waals surface area contributed by atoms with Gasteiger partial charge >= 0.3 is 0 Å². The molecule has 6 heteroatoms. The molecular formula is C15H19N5S. The first-order valence-electron chi connectivity index (χ1n) is 7.17. The zero-order valence-corrected chi connectivity index (χ0v) is 12.9. The molecule has 5 nitrogen and oxygen atoms in total. The van der Waals surface area contributed by atoms with E-state index in [1.807, 2.05) is 24.1 Å². The van der Waals surface area contributed by atoms with Gasteiger partial charge in [0.25, 0.3) is 0 Å². The van der Waals surface area contributed by atoms with E-state index >= 15 is 0 Å². The van der Waals surface area contributed by atoms with Crippen LogP contribution >= 0.6 is 12.2 Å². The fourth-order valence-electron chi connectivity index (χ4n) is 2.72. The Kier molecular flexibility index (Phi) is 3.88. The van der Waals surface area contributed by atoms with Crippen LogP contribution in [-0.2, 0) is 26.3 Å².